The zero-order chi connectivity index (χ0) is 20.8. The Labute approximate surface area is 170 Å². The van der Waals surface area contributed by atoms with E-state index in [0.717, 1.165) is 18.7 Å². The monoisotopic (exact) mass is 397 g/mol. The maximum Gasteiger partial charge on any atom is 0.319 e. The van der Waals surface area contributed by atoms with E-state index in [1.807, 2.05) is 24.3 Å². The van der Waals surface area contributed by atoms with Crippen molar-refractivity contribution in [1.29, 1.82) is 0 Å². The molecule has 1 fully saturated rings. The molecule has 1 aliphatic heterocycles. The van der Waals surface area contributed by atoms with Crippen LogP contribution in [0.2, 0.25) is 0 Å². The molecular formula is C20H27N7O2. The highest BCUT2D eigenvalue weighted by molar-refractivity contribution is 5.92. The number of urea groups is 1. The summed E-state index contributed by atoms with van der Waals surface area (Å²) >= 11 is 0. The molecular weight excluding hydrogens is 370 g/mol. The van der Waals surface area contributed by atoms with Gasteiger partial charge in [0.2, 0.25) is 0 Å². The molecule has 4 N–H and O–H groups in total. The number of carbonyl (C=O) groups is 1. The first-order valence-electron chi connectivity index (χ1n) is 9.57. The fourth-order valence-electron chi connectivity index (χ4n) is 3.26. The smallest absolute Gasteiger partial charge is 0.319 e. The van der Waals surface area contributed by atoms with Crippen LogP contribution in [0.4, 0.5) is 22.1 Å². The van der Waals surface area contributed by atoms with Gasteiger partial charge in [-0.2, -0.15) is 0 Å². The molecule has 0 radical (unpaired) electrons. The number of benzene rings is 1. The Morgan fingerprint density at radius 1 is 1.34 bits per heavy atom. The highest BCUT2D eigenvalue weighted by atomic mass is 16.6. The maximum atomic E-state index is 12.4. The summed E-state index contributed by atoms with van der Waals surface area (Å²) in [6.07, 6.45) is 3.71. The number of aromatic nitrogens is 2. The van der Waals surface area contributed by atoms with E-state index < -0.39 is 0 Å². The highest BCUT2D eigenvalue weighted by Crippen LogP contribution is 2.24. The summed E-state index contributed by atoms with van der Waals surface area (Å²) in [6, 6.07) is 7.66. The first-order valence-corrected chi connectivity index (χ1v) is 9.57. The SMILES string of the molecule is CON=Cc1c(N)ncnc1N1CCC(NC(=O)Nc2ccc(C(C)C)cc2)C1. The van der Waals surface area contributed by atoms with Crippen LogP contribution in [0.15, 0.2) is 35.7 Å². The van der Waals surface area contributed by atoms with Gasteiger partial charge in [0, 0.05) is 24.8 Å². The summed E-state index contributed by atoms with van der Waals surface area (Å²) in [5, 5.41) is 9.68. The van der Waals surface area contributed by atoms with E-state index in [1.165, 1.54) is 25.2 Å². The third-order valence-electron chi connectivity index (χ3n) is 4.84. The number of rotatable bonds is 6. The number of amides is 2. The molecule has 1 aliphatic rings. The summed E-state index contributed by atoms with van der Waals surface area (Å²) in [7, 11) is 1.46. The number of oxime groups is 1. The minimum atomic E-state index is -0.225. The third kappa shape index (κ3) is 5.13. The zero-order valence-corrected chi connectivity index (χ0v) is 16.9. The van der Waals surface area contributed by atoms with Crippen LogP contribution < -0.4 is 21.3 Å². The van der Waals surface area contributed by atoms with Gasteiger partial charge in [-0.3, -0.25) is 0 Å². The Hall–Kier alpha value is -3.36. The Kier molecular flexibility index (Phi) is 6.48. The second kappa shape index (κ2) is 9.22. The number of hydrogen-bond acceptors (Lipinski definition) is 7. The Morgan fingerprint density at radius 2 is 2.10 bits per heavy atom. The van der Waals surface area contributed by atoms with Crippen LogP contribution in [0.1, 0.15) is 37.3 Å². The van der Waals surface area contributed by atoms with Gasteiger partial charge in [-0.25, -0.2) is 14.8 Å². The lowest BCUT2D eigenvalue weighted by atomic mass is 10.0. The quantitative estimate of drug-likeness (QED) is 0.509. The van der Waals surface area contributed by atoms with E-state index in [1.54, 1.807) is 0 Å². The summed E-state index contributed by atoms with van der Waals surface area (Å²) in [5.41, 5.74) is 8.56. The summed E-state index contributed by atoms with van der Waals surface area (Å²) < 4.78 is 0. The number of nitrogens with two attached hydrogens (primary N) is 1. The van der Waals surface area contributed by atoms with E-state index in [0.29, 0.717) is 29.7 Å². The van der Waals surface area contributed by atoms with Gasteiger partial charge >= 0.3 is 6.03 Å². The average Bonchev–Trinajstić information content (AvgIpc) is 3.15. The molecule has 1 aromatic heterocycles. The normalized spacial score (nSPS) is 16.4. The van der Waals surface area contributed by atoms with Crippen molar-refractivity contribution in [3.05, 3.63) is 41.7 Å². The van der Waals surface area contributed by atoms with Crippen LogP contribution in [0.3, 0.4) is 0 Å². The second-order valence-electron chi connectivity index (χ2n) is 7.22. The zero-order valence-electron chi connectivity index (χ0n) is 16.9. The van der Waals surface area contributed by atoms with Crippen molar-refractivity contribution in [2.75, 3.05) is 36.1 Å². The predicted octanol–water partition coefficient (Wildman–Crippen LogP) is 2.56. The van der Waals surface area contributed by atoms with E-state index in [-0.39, 0.29) is 12.1 Å². The first-order chi connectivity index (χ1) is 14.0. The average molecular weight is 397 g/mol. The molecule has 2 heterocycles. The molecule has 1 aromatic carbocycles. The minimum Gasteiger partial charge on any atom is -0.399 e. The lowest BCUT2D eigenvalue weighted by molar-refractivity contribution is 0.215. The largest absolute Gasteiger partial charge is 0.399 e. The Balaban J connectivity index is 1.59. The molecule has 0 bridgehead atoms. The van der Waals surface area contributed by atoms with Crippen LogP contribution in [-0.2, 0) is 4.84 Å². The van der Waals surface area contributed by atoms with E-state index in [9.17, 15) is 4.79 Å². The van der Waals surface area contributed by atoms with Crippen molar-refractivity contribution in [1.82, 2.24) is 15.3 Å². The predicted molar refractivity (Wildman–Crippen MR) is 114 cm³/mol. The molecule has 154 valence electrons. The number of hydrogen-bond donors (Lipinski definition) is 3. The Bertz CT molecular complexity index is 868. The number of nitrogens with one attached hydrogen (secondary N) is 2. The molecule has 9 nitrogen and oxygen atoms in total. The molecule has 3 rings (SSSR count). The number of carbonyl (C=O) groups excluding carboxylic acids is 1. The van der Waals surface area contributed by atoms with Crippen molar-refractivity contribution in [2.24, 2.45) is 5.16 Å². The Morgan fingerprint density at radius 3 is 2.79 bits per heavy atom. The number of nitrogen functional groups attached to an aromatic ring is 1. The molecule has 29 heavy (non-hydrogen) atoms. The van der Waals surface area contributed by atoms with Crippen LogP contribution >= 0.6 is 0 Å². The maximum absolute atomic E-state index is 12.4. The van der Waals surface area contributed by atoms with Gasteiger partial charge in [0.25, 0.3) is 0 Å². The standard InChI is InChI=1S/C20H27N7O2/c1-13(2)14-4-6-15(7-5-14)25-20(28)26-16-8-9-27(11-16)19-17(10-24-29-3)18(21)22-12-23-19/h4-7,10,12-13,16H,8-9,11H2,1-3H3,(H2,21,22,23)(H2,25,26,28). The topological polar surface area (TPSA) is 118 Å². The molecule has 1 saturated heterocycles. The fourth-order valence-corrected chi connectivity index (χ4v) is 3.26. The summed E-state index contributed by atoms with van der Waals surface area (Å²) in [5.74, 6) is 1.46. The summed E-state index contributed by atoms with van der Waals surface area (Å²) in [6.45, 7) is 5.62. The van der Waals surface area contributed by atoms with Crippen molar-refractivity contribution in [2.45, 2.75) is 32.2 Å². The van der Waals surface area contributed by atoms with Crippen molar-refractivity contribution < 1.29 is 9.63 Å². The van der Waals surface area contributed by atoms with Crippen molar-refractivity contribution in [3.8, 4) is 0 Å². The van der Waals surface area contributed by atoms with E-state index in [2.05, 4.69) is 44.5 Å². The summed E-state index contributed by atoms with van der Waals surface area (Å²) in [4.78, 5) is 27.5. The van der Waals surface area contributed by atoms with Gasteiger partial charge in [0.05, 0.1) is 11.8 Å². The molecule has 0 aliphatic carbocycles. The molecule has 9 heteroatoms. The molecule has 2 aromatic rings. The molecule has 0 spiro atoms. The van der Waals surface area contributed by atoms with Gasteiger partial charge in [0.1, 0.15) is 25.1 Å². The minimum absolute atomic E-state index is 0.00617. The van der Waals surface area contributed by atoms with E-state index >= 15 is 0 Å². The third-order valence-corrected chi connectivity index (χ3v) is 4.84. The molecule has 1 unspecified atom stereocenters. The van der Waals surface area contributed by atoms with Gasteiger partial charge in [-0.1, -0.05) is 31.1 Å². The van der Waals surface area contributed by atoms with Gasteiger partial charge in [0.15, 0.2) is 0 Å². The van der Waals surface area contributed by atoms with Crippen LogP contribution in [-0.4, -0.2) is 48.5 Å². The second-order valence-corrected chi connectivity index (χ2v) is 7.22. The number of nitrogens with zero attached hydrogens (tertiary/aromatic N) is 4. The first kappa shape index (κ1) is 20.4. The van der Waals surface area contributed by atoms with Crippen LogP contribution in [0.25, 0.3) is 0 Å². The number of anilines is 3. The van der Waals surface area contributed by atoms with Gasteiger partial charge in [-0.05, 0) is 30.0 Å². The molecule has 1 atom stereocenters. The van der Waals surface area contributed by atoms with Crippen molar-refractivity contribution >= 4 is 29.6 Å². The van der Waals surface area contributed by atoms with Crippen LogP contribution in [0, 0.1) is 0 Å². The lowest BCUT2D eigenvalue weighted by Crippen LogP contribution is -2.40. The molecule has 0 saturated carbocycles. The van der Waals surface area contributed by atoms with Gasteiger partial charge < -0.3 is 26.1 Å². The molecule has 2 amide bonds. The van der Waals surface area contributed by atoms with E-state index in [4.69, 9.17) is 10.6 Å². The fraction of sp³-hybridized carbons (Fsp3) is 0.400. The highest BCUT2D eigenvalue weighted by Gasteiger charge is 2.27. The lowest BCUT2D eigenvalue weighted by Gasteiger charge is -2.20. The van der Waals surface area contributed by atoms with Gasteiger partial charge in [-0.15, -0.1) is 0 Å². The van der Waals surface area contributed by atoms with Crippen molar-refractivity contribution in [3.63, 3.8) is 0 Å². The van der Waals surface area contributed by atoms with Crippen LogP contribution in [0.5, 0.6) is 0 Å².